The highest BCUT2D eigenvalue weighted by Gasteiger charge is 2.06. The van der Waals surface area contributed by atoms with Gasteiger partial charge in [-0.05, 0) is 24.6 Å². The maximum absolute atomic E-state index is 13.3. The standard InChI is InChI=1S/C11H12FN3O/c1-2-5-14-11(16)15-10-4-3-8(7-13)6-9(10)12/h3-4,6H,2,5H2,1H3,(H2,14,15,16). The summed E-state index contributed by atoms with van der Waals surface area (Å²) in [5.74, 6) is -0.620. The van der Waals surface area contributed by atoms with Gasteiger partial charge in [0.15, 0.2) is 0 Å². The van der Waals surface area contributed by atoms with Crippen molar-refractivity contribution in [3.05, 3.63) is 29.6 Å². The van der Waals surface area contributed by atoms with Crippen LogP contribution in [0.25, 0.3) is 0 Å². The van der Waals surface area contributed by atoms with Crippen LogP contribution in [0.1, 0.15) is 18.9 Å². The van der Waals surface area contributed by atoms with Crippen molar-refractivity contribution in [2.75, 3.05) is 11.9 Å². The fourth-order valence-corrected chi connectivity index (χ4v) is 1.09. The lowest BCUT2D eigenvalue weighted by molar-refractivity contribution is 0.252. The van der Waals surface area contributed by atoms with Crippen LogP contribution in [0.5, 0.6) is 0 Å². The average Bonchev–Trinajstić information content (AvgIpc) is 2.29. The van der Waals surface area contributed by atoms with E-state index in [1.165, 1.54) is 12.1 Å². The van der Waals surface area contributed by atoms with Crippen LogP contribution in [-0.2, 0) is 0 Å². The summed E-state index contributed by atoms with van der Waals surface area (Å²) in [6.07, 6.45) is 0.809. The molecule has 0 bridgehead atoms. The Morgan fingerprint density at radius 3 is 2.88 bits per heavy atom. The molecule has 1 aromatic rings. The van der Waals surface area contributed by atoms with Crippen molar-refractivity contribution in [1.29, 1.82) is 5.26 Å². The zero-order chi connectivity index (χ0) is 12.0. The molecular weight excluding hydrogens is 209 g/mol. The first-order valence-corrected chi connectivity index (χ1v) is 4.92. The Labute approximate surface area is 93.1 Å². The summed E-state index contributed by atoms with van der Waals surface area (Å²) >= 11 is 0. The van der Waals surface area contributed by atoms with E-state index in [1.807, 2.05) is 13.0 Å². The summed E-state index contributed by atoms with van der Waals surface area (Å²) < 4.78 is 13.3. The minimum absolute atomic E-state index is 0.0626. The van der Waals surface area contributed by atoms with E-state index in [4.69, 9.17) is 5.26 Å². The fourth-order valence-electron chi connectivity index (χ4n) is 1.09. The number of hydrogen-bond acceptors (Lipinski definition) is 2. The fraction of sp³-hybridized carbons (Fsp3) is 0.273. The zero-order valence-electron chi connectivity index (χ0n) is 8.88. The molecule has 0 aromatic heterocycles. The number of benzene rings is 1. The molecule has 0 saturated carbocycles. The van der Waals surface area contributed by atoms with Crippen molar-refractivity contribution in [2.24, 2.45) is 0 Å². The molecule has 16 heavy (non-hydrogen) atoms. The van der Waals surface area contributed by atoms with Gasteiger partial charge in [0.05, 0.1) is 17.3 Å². The van der Waals surface area contributed by atoms with Crippen LogP contribution >= 0.6 is 0 Å². The maximum atomic E-state index is 13.3. The van der Waals surface area contributed by atoms with Gasteiger partial charge in [0.1, 0.15) is 5.82 Å². The van der Waals surface area contributed by atoms with Crippen LogP contribution in [0.15, 0.2) is 18.2 Å². The van der Waals surface area contributed by atoms with Crippen LogP contribution in [0.4, 0.5) is 14.9 Å². The third-order valence-electron chi connectivity index (χ3n) is 1.88. The highest BCUT2D eigenvalue weighted by Crippen LogP contribution is 2.14. The normalized spacial score (nSPS) is 9.31. The molecule has 0 aliphatic carbocycles. The number of carbonyl (C=O) groups excluding carboxylic acids is 1. The van der Waals surface area contributed by atoms with Crippen LogP contribution in [0.3, 0.4) is 0 Å². The molecule has 2 amide bonds. The van der Waals surface area contributed by atoms with E-state index in [2.05, 4.69) is 10.6 Å². The first kappa shape index (κ1) is 12.0. The molecule has 2 N–H and O–H groups in total. The first-order valence-electron chi connectivity index (χ1n) is 4.92. The van der Waals surface area contributed by atoms with Gasteiger partial charge in [-0.15, -0.1) is 0 Å². The molecular formula is C11H12FN3O. The van der Waals surface area contributed by atoms with Crippen molar-refractivity contribution in [3.63, 3.8) is 0 Å². The minimum Gasteiger partial charge on any atom is -0.338 e. The Kier molecular flexibility index (Phi) is 4.28. The summed E-state index contributed by atoms with van der Waals surface area (Å²) in [7, 11) is 0. The maximum Gasteiger partial charge on any atom is 0.319 e. The predicted molar refractivity (Wildman–Crippen MR) is 58.4 cm³/mol. The third-order valence-corrected chi connectivity index (χ3v) is 1.88. The van der Waals surface area contributed by atoms with Crippen LogP contribution in [0, 0.1) is 17.1 Å². The van der Waals surface area contributed by atoms with E-state index in [0.29, 0.717) is 6.54 Å². The zero-order valence-corrected chi connectivity index (χ0v) is 8.88. The summed E-state index contributed by atoms with van der Waals surface area (Å²) in [4.78, 5) is 11.2. The Balaban J connectivity index is 2.68. The lowest BCUT2D eigenvalue weighted by Crippen LogP contribution is -2.29. The lowest BCUT2D eigenvalue weighted by atomic mass is 10.2. The van der Waals surface area contributed by atoms with Gasteiger partial charge in [-0.25, -0.2) is 9.18 Å². The molecule has 0 fully saturated rings. The van der Waals surface area contributed by atoms with Gasteiger partial charge in [-0.2, -0.15) is 5.26 Å². The Morgan fingerprint density at radius 1 is 1.56 bits per heavy atom. The van der Waals surface area contributed by atoms with Crippen LogP contribution in [-0.4, -0.2) is 12.6 Å². The molecule has 0 heterocycles. The molecule has 4 nitrogen and oxygen atoms in total. The second kappa shape index (κ2) is 5.71. The number of amides is 2. The monoisotopic (exact) mass is 221 g/mol. The van der Waals surface area contributed by atoms with Gasteiger partial charge in [0.2, 0.25) is 0 Å². The predicted octanol–water partition coefficient (Wildman–Crippen LogP) is 2.23. The van der Waals surface area contributed by atoms with E-state index in [1.54, 1.807) is 0 Å². The summed E-state index contributed by atoms with van der Waals surface area (Å²) in [5.41, 5.74) is 0.282. The number of halogens is 1. The quantitative estimate of drug-likeness (QED) is 0.821. The first-order chi connectivity index (χ1) is 7.67. The Bertz CT molecular complexity index is 426. The number of hydrogen-bond donors (Lipinski definition) is 2. The third kappa shape index (κ3) is 3.24. The molecule has 1 aromatic carbocycles. The van der Waals surface area contributed by atoms with Crippen LogP contribution < -0.4 is 10.6 Å². The molecule has 84 valence electrons. The lowest BCUT2D eigenvalue weighted by Gasteiger charge is -2.07. The highest BCUT2D eigenvalue weighted by atomic mass is 19.1. The molecule has 0 saturated heterocycles. The van der Waals surface area contributed by atoms with Gasteiger partial charge < -0.3 is 10.6 Å². The second-order valence-electron chi connectivity index (χ2n) is 3.19. The number of carbonyl (C=O) groups is 1. The van der Waals surface area contributed by atoms with E-state index in [-0.39, 0.29) is 11.3 Å². The van der Waals surface area contributed by atoms with E-state index in [0.717, 1.165) is 12.5 Å². The summed E-state index contributed by atoms with van der Waals surface area (Å²) in [5, 5.41) is 13.5. The number of urea groups is 1. The Hall–Kier alpha value is -2.09. The second-order valence-corrected chi connectivity index (χ2v) is 3.19. The molecule has 0 spiro atoms. The van der Waals surface area contributed by atoms with Crippen molar-refractivity contribution >= 4 is 11.7 Å². The van der Waals surface area contributed by atoms with Crippen LogP contribution in [0.2, 0.25) is 0 Å². The average molecular weight is 221 g/mol. The number of rotatable bonds is 3. The highest BCUT2D eigenvalue weighted by molar-refractivity contribution is 5.89. The molecule has 0 aliphatic rings. The van der Waals surface area contributed by atoms with E-state index >= 15 is 0 Å². The van der Waals surface area contributed by atoms with E-state index < -0.39 is 11.8 Å². The minimum atomic E-state index is -0.620. The van der Waals surface area contributed by atoms with Crippen molar-refractivity contribution < 1.29 is 9.18 Å². The number of anilines is 1. The van der Waals surface area contributed by atoms with Gasteiger partial charge in [-0.3, -0.25) is 0 Å². The van der Waals surface area contributed by atoms with Gasteiger partial charge in [-0.1, -0.05) is 6.92 Å². The topological polar surface area (TPSA) is 64.9 Å². The molecule has 0 unspecified atom stereocenters. The molecule has 5 heteroatoms. The SMILES string of the molecule is CCCNC(=O)Nc1ccc(C#N)cc1F. The van der Waals surface area contributed by atoms with Crippen molar-refractivity contribution in [3.8, 4) is 6.07 Å². The van der Waals surface area contributed by atoms with Gasteiger partial charge in [0.25, 0.3) is 0 Å². The van der Waals surface area contributed by atoms with Crippen molar-refractivity contribution in [1.82, 2.24) is 5.32 Å². The Morgan fingerprint density at radius 2 is 2.31 bits per heavy atom. The molecule has 0 aliphatic heterocycles. The molecule has 0 atom stereocenters. The smallest absolute Gasteiger partial charge is 0.319 e. The number of nitriles is 1. The number of nitrogens with one attached hydrogen (secondary N) is 2. The van der Waals surface area contributed by atoms with E-state index in [9.17, 15) is 9.18 Å². The molecule has 0 radical (unpaired) electrons. The van der Waals surface area contributed by atoms with Gasteiger partial charge >= 0.3 is 6.03 Å². The number of nitrogens with zero attached hydrogens (tertiary/aromatic N) is 1. The molecule has 1 rings (SSSR count). The van der Waals surface area contributed by atoms with Crippen molar-refractivity contribution in [2.45, 2.75) is 13.3 Å². The van der Waals surface area contributed by atoms with Gasteiger partial charge in [0, 0.05) is 6.54 Å². The largest absolute Gasteiger partial charge is 0.338 e. The summed E-state index contributed by atoms with van der Waals surface area (Å²) in [6.45, 7) is 2.45. The summed E-state index contributed by atoms with van der Waals surface area (Å²) in [6, 6.07) is 5.24.